The van der Waals surface area contributed by atoms with Gasteiger partial charge in [-0.15, -0.1) is 0 Å². The number of aromatic amines is 1. The van der Waals surface area contributed by atoms with Crippen LogP contribution in [0.3, 0.4) is 0 Å². The van der Waals surface area contributed by atoms with E-state index in [1.54, 1.807) is 13.2 Å². The maximum absolute atomic E-state index is 10.9. The second-order valence-corrected chi connectivity index (χ2v) is 3.62. The summed E-state index contributed by atoms with van der Waals surface area (Å²) in [5, 5.41) is 2.62. The summed E-state index contributed by atoms with van der Waals surface area (Å²) in [7, 11) is 1.68. The van der Waals surface area contributed by atoms with Crippen LogP contribution in [-0.2, 0) is 11.2 Å². The maximum Gasteiger partial charge on any atom is 0.219 e. The van der Waals surface area contributed by atoms with Crippen molar-refractivity contribution >= 4 is 5.91 Å². The highest BCUT2D eigenvalue weighted by Crippen LogP contribution is 2.05. The third kappa shape index (κ3) is 5.20. The number of aromatic nitrogens is 2. The number of imidazole rings is 1. The molecule has 1 aromatic rings. The number of amides is 1. The van der Waals surface area contributed by atoms with Crippen LogP contribution in [0.4, 0.5) is 0 Å². The van der Waals surface area contributed by atoms with Gasteiger partial charge in [-0.05, 0) is 12.8 Å². The van der Waals surface area contributed by atoms with E-state index in [-0.39, 0.29) is 5.91 Å². The molecule has 0 bridgehead atoms. The van der Waals surface area contributed by atoms with Crippen molar-refractivity contribution in [1.29, 1.82) is 0 Å². The molecule has 84 valence electrons. The Kier molecular flexibility index (Phi) is 5.51. The Bertz CT molecular complexity index is 269. The predicted molar refractivity (Wildman–Crippen MR) is 59.4 cm³/mol. The zero-order chi connectivity index (χ0) is 10.9. The number of carbonyl (C=O) groups excluding carboxylic acids is 1. The molecule has 4 heteroatoms. The molecule has 4 nitrogen and oxygen atoms in total. The average Bonchev–Trinajstić information content (AvgIpc) is 2.75. The van der Waals surface area contributed by atoms with Gasteiger partial charge >= 0.3 is 0 Å². The Balaban J connectivity index is 1.91. The minimum absolute atomic E-state index is 0.140. The second kappa shape index (κ2) is 7.04. The van der Waals surface area contributed by atoms with E-state index in [4.69, 9.17) is 0 Å². The van der Waals surface area contributed by atoms with Gasteiger partial charge in [0.15, 0.2) is 0 Å². The van der Waals surface area contributed by atoms with Gasteiger partial charge in [-0.1, -0.05) is 12.8 Å². The quantitative estimate of drug-likeness (QED) is 0.671. The molecule has 0 aliphatic heterocycles. The van der Waals surface area contributed by atoms with E-state index in [1.165, 1.54) is 0 Å². The number of nitrogens with one attached hydrogen (secondary N) is 2. The number of rotatable bonds is 7. The van der Waals surface area contributed by atoms with Crippen molar-refractivity contribution < 1.29 is 4.79 Å². The molecule has 1 aromatic heterocycles. The molecule has 2 N–H and O–H groups in total. The highest BCUT2D eigenvalue weighted by atomic mass is 16.1. The van der Waals surface area contributed by atoms with Gasteiger partial charge in [0.25, 0.3) is 0 Å². The highest BCUT2D eigenvalue weighted by molar-refractivity contribution is 5.75. The first-order valence-electron chi connectivity index (χ1n) is 5.52. The van der Waals surface area contributed by atoms with E-state index in [0.29, 0.717) is 6.42 Å². The lowest BCUT2D eigenvalue weighted by Gasteiger charge is -2.00. The summed E-state index contributed by atoms with van der Waals surface area (Å²) in [4.78, 5) is 18.1. The van der Waals surface area contributed by atoms with Gasteiger partial charge in [0.2, 0.25) is 5.91 Å². The largest absolute Gasteiger partial charge is 0.359 e. The molecule has 0 radical (unpaired) electrons. The number of H-pyrrole nitrogens is 1. The summed E-state index contributed by atoms with van der Waals surface area (Å²) >= 11 is 0. The Morgan fingerprint density at radius 2 is 2.20 bits per heavy atom. The van der Waals surface area contributed by atoms with Crippen molar-refractivity contribution in [2.24, 2.45) is 0 Å². The summed E-state index contributed by atoms with van der Waals surface area (Å²) in [5.41, 5.74) is 0. The third-order valence-electron chi connectivity index (χ3n) is 2.40. The van der Waals surface area contributed by atoms with Crippen LogP contribution in [-0.4, -0.2) is 22.9 Å². The monoisotopic (exact) mass is 209 g/mol. The molecule has 0 spiro atoms. The molecule has 0 aromatic carbocycles. The molecule has 0 saturated heterocycles. The fraction of sp³-hybridized carbons (Fsp3) is 0.636. The van der Waals surface area contributed by atoms with Crippen LogP contribution in [0, 0.1) is 0 Å². The van der Waals surface area contributed by atoms with Crippen molar-refractivity contribution in [3.63, 3.8) is 0 Å². The Hall–Kier alpha value is -1.32. The minimum atomic E-state index is 0.140. The number of hydrogen-bond acceptors (Lipinski definition) is 2. The van der Waals surface area contributed by atoms with Crippen LogP contribution in [0.25, 0.3) is 0 Å². The lowest BCUT2D eigenvalue weighted by Crippen LogP contribution is -2.16. The van der Waals surface area contributed by atoms with E-state index in [2.05, 4.69) is 15.3 Å². The fourth-order valence-electron chi connectivity index (χ4n) is 1.49. The van der Waals surface area contributed by atoms with Crippen LogP contribution < -0.4 is 5.32 Å². The molecule has 1 rings (SSSR count). The molecule has 0 atom stereocenters. The zero-order valence-electron chi connectivity index (χ0n) is 9.25. The first kappa shape index (κ1) is 11.8. The Labute approximate surface area is 90.5 Å². The van der Waals surface area contributed by atoms with Gasteiger partial charge in [0.1, 0.15) is 5.82 Å². The molecule has 0 fully saturated rings. The molecule has 1 amide bonds. The van der Waals surface area contributed by atoms with E-state index in [1.807, 2.05) is 6.20 Å². The first-order chi connectivity index (χ1) is 7.33. The number of unbranched alkanes of at least 4 members (excludes halogenated alkanes) is 3. The third-order valence-corrected chi connectivity index (χ3v) is 2.40. The van der Waals surface area contributed by atoms with Gasteiger partial charge in [0, 0.05) is 32.3 Å². The zero-order valence-corrected chi connectivity index (χ0v) is 9.25. The standard InChI is InChI=1S/C11H19N3O/c1-12-11(15)7-5-3-2-4-6-10-13-8-9-14-10/h8-9H,2-7H2,1H3,(H,12,15)(H,13,14). The van der Waals surface area contributed by atoms with Crippen LogP contribution in [0.1, 0.15) is 37.9 Å². The fourth-order valence-corrected chi connectivity index (χ4v) is 1.49. The Morgan fingerprint density at radius 1 is 1.40 bits per heavy atom. The molecular weight excluding hydrogens is 190 g/mol. The molecule has 0 aliphatic carbocycles. The van der Waals surface area contributed by atoms with Gasteiger partial charge < -0.3 is 10.3 Å². The van der Waals surface area contributed by atoms with Crippen molar-refractivity contribution in [2.75, 3.05) is 7.05 Å². The number of hydrogen-bond donors (Lipinski definition) is 2. The van der Waals surface area contributed by atoms with Crippen molar-refractivity contribution in [3.8, 4) is 0 Å². The van der Waals surface area contributed by atoms with E-state index in [0.717, 1.165) is 37.9 Å². The summed E-state index contributed by atoms with van der Waals surface area (Å²) < 4.78 is 0. The summed E-state index contributed by atoms with van der Waals surface area (Å²) in [6.07, 6.45) is 9.69. The van der Waals surface area contributed by atoms with E-state index >= 15 is 0 Å². The van der Waals surface area contributed by atoms with E-state index in [9.17, 15) is 4.79 Å². The summed E-state index contributed by atoms with van der Waals surface area (Å²) in [6.45, 7) is 0. The van der Waals surface area contributed by atoms with Gasteiger partial charge in [0.05, 0.1) is 0 Å². The molecule has 0 unspecified atom stereocenters. The molecule has 1 heterocycles. The summed E-state index contributed by atoms with van der Waals surface area (Å²) in [6, 6.07) is 0. The smallest absolute Gasteiger partial charge is 0.219 e. The normalized spacial score (nSPS) is 10.2. The molecule has 0 aliphatic rings. The lowest BCUT2D eigenvalue weighted by molar-refractivity contribution is -0.120. The predicted octanol–water partition coefficient (Wildman–Crippen LogP) is 1.65. The van der Waals surface area contributed by atoms with Crippen molar-refractivity contribution in [1.82, 2.24) is 15.3 Å². The van der Waals surface area contributed by atoms with Gasteiger partial charge in [-0.2, -0.15) is 0 Å². The van der Waals surface area contributed by atoms with Crippen molar-refractivity contribution in [2.45, 2.75) is 38.5 Å². The second-order valence-electron chi connectivity index (χ2n) is 3.62. The summed E-state index contributed by atoms with van der Waals surface area (Å²) in [5.74, 6) is 1.20. The number of nitrogens with zero attached hydrogens (tertiary/aromatic N) is 1. The topological polar surface area (TPSA) is 57.8 Å². The number of aryl methyl sites for hydroxylation is 1. The van der Waals surface area contributed by atoms with Crippen LogP contribution in [0.2, 0.25) is 0 Å². The van der Waals surface area contributed by atoms with Gasteiger partial charge in [-0.25, -0.2) is 4.98 Å². The maximum atomic E-state index is 10.9. The number of carbonyl (C=O) groups is 1. The van der Waals surface area contributed by atoms with Crippen LogP contribution >= 0.6 is 0 Å². The molecule has 0 saturated carbocycles. The van der Waals surface area contributed by atoms with Crippen molar-refractivity contribution in [3.05, 3.63) is 18.2 Å². The van der Waals surface area contributed by atoms with Gasteiger partial charge in [-0.3, -0.25) is 4.79 Å². The molecular formula is C11H19N3O. The van der Waals surface area contributed by atoms with Crippen LogP contribution in [0.5, 0.6) is 0 Å². The highest BCUT2D eigenvalue weighted by Gasteiger charge is 1.98. The van der Waals surface area contributed by atoms with E-state index < -0.39 is 0 Å². The SMILES string of the molecule is CNC(=O)CCCCCCc1ncc[nH]1. The first-order valence-corrected chi connectivity index (χ1v) is 5.52. The molecule has 15 heavy (non-hydrogen) atoms. The van der Waals surface area contributed by atoms with Crippen LogP contribution in [0.15, 0.2) is 12.4 Å². The average molecular weight is 209 g/mol. The minimum Gasteiger partial charge on any atom is -0.359 e. The lowest BCUT2D eigenvalue weighted by atomic mass is 10.1. The Morgan fingerprint density at radius 3 is 2.87 bits per heavy atom.